The number of likely N-dealkylation sites (N-methyl/N-ethyl adjacent to an activating group) is 1. The van der Waals surface area contributed by atoms with E-state index >= 15 is 0 Å². The molecule has 0 radical (unpaired) electrons. The Morgan fingerprint density at radius 3 is 2.61 bits per heavy atom. The van der Waals surface area contributed by atoms with Crippen molar-refractivity contribution in [1.29, 1.82) is 5.41 Å². The average Bonchev–Trinajstić information content (AvgIpc) is 3.68. The van der Waals surface area contributed by atoms with Crippen molar-refractivity contribution in [2.75, 3.05) is 26.7 Å². The predicted octanol–water partition coefficient (Wildman–Crippen LogP) is -0.599. The first-order valence-electron chi connectivity index (χ1n) is 11.8. The van der Waals surface area contributed by atoms with Gasteiger partial charge in [0.05, 0.1) is 12.8 Å². The van der Waals surface area contributed by atoms with Gasteiger partial charge in [0.25, 0.3) is 0 Å². The predicted molar refractivity (Wildman–Crippen MR) is 129 cm³/mol. The van der Waals surface area contributed by atoms with Crippen LogP contribution >= 0.6 is 0 Å². The summed E-state index contributed by atoms with van der Waals surface area (Å²) in [7, 11) is -2.61. The summed E-state index contributed by atoms with van der Waals surface area (Å²) in [6.45, 7) is 0.897. The largest absolute Gasteiger partial charge is 0.481 e. The number of rotatable bonds is 11. The fraction of sp³-hybridized carbons (Fsp3) is 0.591. The first-order valence-corrected chi connectivity index (χ1v) is 13.3. The molecule has 2 atom stereocenters. The molecule has 0 aromatic carbocycles. The average molecular weight is 524 g/mol. The van der Waals surface area contributed by atoms with E-state index in [1.807, 2.05) is 0 Å². The highest BCUT2D eigenvalue weighted by molar-refractivity contribution is 7.89. The Morgan fingerprint density at radius 1 is 1.31 bits per heavy atom. The molecular formula is C22H33N7O6S. The van der Waals surface area contributed by atoms with Crippen LogP contribution < -0.4 is 10.5 Å². The minimum atomic E-state index is -4.19. The normalized spacial score (nSPS) is 18.8. The number of guanidine groups is 1. The third-order valence-electron chi connectivity index (χ3n) is 6.43. The number of carboxylic acids is 1. The molecule has 1 saturated carbocycles. The summed E-state index contributed by atoms with van der Waals surface area (Å²) in [6, 6.07) is 0.904. The quantitative estimate of drug-likeness (QED) is 0.217. The van der Waals surface area contributed by atoms with Gasteiger partial charge in [-0.1, -0.05) is 0 Å². The zero-order valence-corrected chi connectivity index (χ0v) is 21.0. The Morgan fingerprint density at radius 2 is 2.03 bits per heavy atom. The first kappa shape index (κ1) is 27.3. The van der Waals surface area contributed by atoms with Crippen molar-refractivity contribution in [3.05, 3.63) is 24.5 Å². The van der Waals surface area contributed by atoms with Gasteiger partial charge >= 0.3 is 5.97 Å². The van der Waals surface area contributed by atoms with Crippen LogP contribution in [-0.2, 0) is 24.4 Å². The number of hydrogen-bond donors (Lipinski definition) is 4. The number of carbonyl (C=O) groups is 3. The number of aliphatic carboxylic acids is 1. The topological polar surface area (TPSA) is 190 Å². The minimum Gasteiger partial charge on any atom is -0.481 e. The van der Waals surface area contributed by atoms with Gasteiger partial charge in [-0.3, -0.25) is 24.8 Å². The first-order chi connectivity index (χ1) is 17.0. The fourth-order valence-electron chi connectivity index (χ4n) is 4.23. The Balaban J connectivity index is 1.81. The Kier molecular flexibility index (Phi) is 8.84. The van der Waals surface area contributed by atoms with Crippen molar-refractivity contribution in [1.82, 2.24) is 24.4 Å². The number of nitrogens with two attached hydrogens (primary N) is 1. The summed E-state index contributed by atoms with van der Waals surface area (Å²) in [6.07, 6.45) is 4.59. The molecule has 1 aliphatic heterocycles. The molecule has 0 unspecified atom stereocenters. The summed E-state index contributed by atoms with van der Waals surface area (Å²) in [4.78, 5) is 46.0. The van der Waals surface area contributed by atoms with Crippen molar-refractivity contribution in [2.45, 2.75) is 61.5 Å². The van der Waals surface area contributed by atoms with Crippen molar-refractivity contribution in [3.63, 3.8) is 0 Å². The molecule has 0 spiro atoms. The lowest BCUT2D eigenvalue weighted by atomic mass is 10.0. The van der Waals surface area contributed by atoms with E-state index < -0.39 is 40.3 Å². The highest BCUT2D eigenvalue weighted by Crippen LogP contribution is 2.28. The molecule has 14 heteroatoms. The second kappa shape index (κ2) is 11.6. The molecule has 2 fully saturated rings. The summed E-state index contributed by atoms with van der Waals surface area (Å²) in [5.41, 5.74) is 5.60. The molecular weight excluding hydrogens is 490 g/mol. The molecule has 1 saturated heterocycles. The molecule has 2 aliphatic rings. The number of carbonyl (C=O) groups excluding carboxylic acids is 2. The van der Waals surface area contributed by atoms with Gasteiger partial charge in [0, 0.05) is 51.2 Å². The molecule has 1 aliphatic carbocycles. The molecule has 1 aromatic rings. The molecule has 198 valence electrons. The third-order valence-corrected chi connectivity index (χ3v) is 7.89. The number of piperidine rings is 1. The fourth-order valence-corrected chi connectivity index (χ4v) is 5.38. The summed E-state index contributed by atoms with van der Waals surface area (Å²) >= 11 is 0. The molecule has 2 heterocycles. The van der Waals surface area contributed by atoms with Gasteiger partial charge in [-0.05, 0) is 37.8 Å². The van der Waals surface area contributed by atoms with Gasteiger partial charge in [0.1, 0.15) is 10.9 Å². The standard InChI is InChI=1S/C22H33N7O6S/c1-27(16-4-3-10-28(14-16)22(23)24)19(30)12-18(26-36(34,35)17-5-2-9-25-13-17)21(33)29(15-6-7-15)11-8-20(31)32/h2,5,9,13,15-16,18,26H,3-4,6-8,10-12,14H2,1H3,(H3,23,24)(H,31,32)/t16-,18-/m0/s1. The highest BCUT2D eigenvalue weighted by atomic mass is 32.2. The van der Waals surface area contributed by atoms with Crippen LogP contribution in [0, 0.1) is 5.41 Å². The van der Waals surface area contributed by atoms with Crippen LogP contribution in [0.1, 0.15) is 38.5 Å². The maximum Gasteiger partial charge on any atom is 0.305 e. The molecule has 1 aromatic heterocycles. The maximum atomic E-state index is 13.5. The Bertz CT molecular complexity index is 1080. The lowest BCUT2D eigenvalue weighted by Crippen LogP contribution is -2.54. The van der Waals surface area contributed by atoms with E-state index in [1.54, 1.807) is 11.9 Å². The molecule has 36 heavy (non-hydrogen) atoms. The molecule has 3 rings (SSSR count). The van der Waals surface area contributed by atoms with Crippen molar-refractivity contribution in [2.24, 2.45) is 5.73 Å². The van der Waals surface area contributed by atoms with E-state index in [-0.39, 0.29) is 35.9 Å². The molecule has 13 nitrogen and oxygen atoms in total. The smallest absolute Gasteiger partial charge is 0.305 e. The van der Waals surface area contributed by atoms with Crippen molar-refractivity contribution >= 4 is 33.8 Å². The lowest BCUT2D eigenvalue weighted by molar-refractivity contribution is -0.142. The van der Waals surface area contributed by atoms with Crippen LogP contribution in [0.2, 0.25) is 0 Å². The van der Waals surface area contributed by atoms with Crippen LogP contribution in [0.15, 0.2) is 29.4 Å². The van der Waals surface area contributed by atoms with E-state index in [4.69, 9.17) is 16.2 Å². The summed E-state index contributed by atoms with van der Waals surface area (Å²) in [5, 5.41) is 16.8. The monoisotopic (exact) mass is 523 g/mol. The van der Waals surface area contributed by atoms with E-state index in [1.165, 1.54) is 28.1 Å². The van der Waals surface area contributed by atoms with Gasteiger partial charge in [-0.2, -0.15) is 4.72 Å². The molecule has 5 N–H and O–H groups in total. The second-order valence-electron chi connectivity index (χ2n) is 9.11. The number of nitrogens with zero attached hydrogens (tertiary/aromatic N) is 4. The van der Waals surface area contributed by atoms with Crippen LogP contribution in [0.25, 0.3) is 0 Å². The summed E-state index contributed by atoms with van der Waals surface area (Å²) < 4.78 is 28.4. The number of hydrogen-bond acceptors (Lipinski definition) is 7. The number of pyridine rings is 1. The van der Waals surface area contributed by atoms with Crippen LogP contribution in [0.5, 0.6) is 0 Å². The minimum absolute atomic E-state index is 0.0792. The number of carboxylic acid groups (broad SMARTS) is 1. The van der Waals surface area contributed by atoms with Crippen LogP contribution in [0.4, 0.5) is 0 Å². The van der Waals surface area contributed by atoms with Gasteiger partial charge < -0.3 is 25.5 Å². The van der Waals surface area contributed by atoms with Gasteiger partial charge in [-0.25, -0.2) is 8.42 Å². The number of likely N-dealkylation sites (tertiary alicyclic amines) is 1. The SMILES string of the molecule is CN(C(=O)C[C@H](NS(=O)(=O)c1cccnc1)C(=O)N(CCC(=O)O)C1CC1)[C@H]1CCCN(C(=N)N)C1. The van der Waals surface area contributed by atoms with Gasteiger partial charge in [0.15, 0.2) is 5.96 Å². The second-order valence-corrected chi connectivity index (χ2v) is 10.8. The van der Waals surface area contributed by atoms with E-state index in [0.29, 0.717) is 32.4 Å². The van der Waals surface area contributed by atoms with Crippen LogP contribution in [0.3, 0.4) is 0 Å². The Labute approximate surface area is 210 Å². The number of aromatic nitrogens is 1. The third kappa shape index (κ3) is 7.13. The van der Waals surface area contributed by atoms with E-state index in [2.05, 4.69) is 9.71 Å². The van der Waals surface area contributed by atoms with Crippen molar-refractivity contribution in [3.8, 4) is 0 Å². The molecule has 2 amide bonds. The number of sulfonamides is 1. The van der Waals surface area contributed by atoms with Gasteiger partial charge in [0.2, 0.25) is 21.8 Å². The Hall–Kier alpha value is -3.26. The van der Waals surface area contributed by atoms with Crippen LogP contribution in [-0.4, -0.2) is 102 Å². The number of nitrogens with one attached hydrogen (secondary N) is 2. The zero-order chi connectivity index (χ0) is 26.5. The summed E-state index contributed by atoms with van der Waals surface area (Å²) in [5.74, 6) is -2.26. The van der Waals surface area contributed by atoms with Crippen molar-refractivity contribution < 1.29 is 27.9 Å². The lowest BCUT2D eigenvalue weighted by Gasteiger charge is -2.38. The van der Waals surface area contributed by atoms with Gasteiger partial charge in [-0.15, -0.1) is 0 Å². The van der Waals surface area contributed by atoms with E-state index in [0.717, 1.165) is 12.6 Å². The van der Waals surface area contributed by atoms with E-state index in [9.17, 15) is 22.8 Å². The zero-order valence-electron chi connectivity index (χ0n) is 20.2. The number of amides is 2. The maximum absolute atomic E-state index is 13.5. The highest BCUT2D eigenvalue weighted by Gasteiger charge is 2.39. The molecule has 0 bridgehead atoms.